The highest BCUT2D eigenvalue weighted by Gasteiger charge is 2.37. The standard InChI is InChI=1S/C15H20N2O/c1-10-8-11-4-2-3-5-14(11)17(10)15(18)12-6-7-13(16)9-12/h2-5,10,12-13H,6-9,16H2,1H3/t10-,12+,13+/m1/s1. The molecule has 2 aliphatic rings. The summed E-state index contributed by atoms with van der Waals surface area (Å²) in [5, 5.41) is 0. The van der Waals surface area contributed by atoms with Gasteiger partial charge in [-0.3, -0.25) is 4.79 Å². The van der Waals surface area contributed by atoms with E-state index in [2.05, 4.69) is 19.1 Å². The maximum atomic E-state index is 12.6. The third kappa shape index (κ3) is 1.83. The minimum Gasteiger partial charge on any atom is -0.328 e. The Morgan fingerprint density at radius 1 is 1.33 bits per heavy atom. The smallest absolute Gasteiger partial charge is 0.230 e. The molecule has 3 heteroatoms. The Morgan fingerprint density at radius 3 is 2.83 bits per heavy atom. The van der Waals surface area contributed by atoms with Crippen LogP contribution in [0, 0.1) is 5.92 Å². The highest BCUT2D eigenvalue weighted by atomic mass is 16.2. The number of carbonyl (C=O) groups is 1. The maximum absolute atomic E-state index is 12.6. The molecular formula is C15H20N2O. The topological polar surface area (TPSA) is 46.3 Å². The number of para-hydroxylation sites is 1. The molecule has 18 heavy (non-hydrogen) atoms. The lowest BCUT2D eigenvalue weighted by molar-refractivity contribution is -0.122. The van der Waals surface area contributed by atoms with Gasteiger partial charge < -0.3 is 10.6 Å². The number of anilines is 1. The third-order valence-electron chi connectivity index (χ3n) is 4.27. The van der Waals surface area contributed by atoms with E-state index in [0.29, 0.717) is 0 Å². The normalized spacial score (nSPS) is 30.6. The summed E-state index contributed by atoms with van der Waals surface area (Å²) in [5.41, 5.74) is 8.32. The molecule has 1 aromatic rings. The van der Waals surface area contributed by atoms with Gasteiger partial charge in [0, 0.05) is 23.7 Å². The Hall–Kier alpha value is -1.35. The molecule has 0 radical (unpaired) electrons. The number of amides is 1. The molecule has 0 unspecified atom stereocenters. The van der Waals surface area contributed by atoms with Gasteiger partial charge in [-0.15, -0.1) is 0 Å². The first-order valence-corrected chi connectivity index (χ1v) is 6.83. The lowest BCUT2D eigenvalue weighted by Crippen LogP contribution is -2.39. The molecule has 0 aromatic heterocycles. The first-order valence-electron chi connectivity index (χ1n) is 6.83. The predicted octanol–water partition coefficient (Wildman–Crippen LogP) is 2.09. The van der Waals surface area contributed by atoms with Gasteiger partial charge in [0.05, 0.1) is 0 Å². The van der Waals surface area contributed by atoms with Crippen molar-refractivity contribution in [2.45, 2.75) is 44.7 Å². The molecular weight excluding hydrogens is 224 g/mol. The van der Waals surface area contributed by atoms with Gasteiger partial charge in [0.2, 0.25) is 5.91 Å². The summed E-state index contributed by atoms with van der Waals surface area (Å²) in [5.74, 6) is 0.411. The number of hydrogen-bond acceptors (Lipinski definition) is 2. The van der Waals surface area contributed by atoms with Crippen molar-refractivity contribution in [3.8, 4) is 0 Å². The van der Waals surface area contributed by atoms with Crippen LogP contribution in [0.1, 0.15) is 31.7 Å². The van der Waals surface area contributed by atoms with Crippen molar-refractivity contribution in [1.82, 2.24) is 0 Å². The van der Waals surface area contributed by atoms with Crippen molar-refractivity contribution in [1.29, 1.82) is 0 Å². The van der Waals surface area contributed by atoms with E-state index in [1.165, 1.54) is 5.56 Å². The van der Waals surface area contributed by atoms with Crippen molar-refractivity contribution in [2.24, 2.45) is 11.7 Å². The van der Waals surface area contributed by atoms with E-state index in [1.807, 2.05) is 17.0 Å². The van der Waals surface area contributed by atoms with E-state index in [1.54, 1.807) is 0 Å². The van der Waals surface area contributed by atoms with Gasteiger partial charge in [-0.1, -0.05) is 18.2 Å². The van der Waals surface area contributed by atoms with Crippen molar-refractivity contribution < 1.29 is 4.79 Å². The zero-order chi connectivity index (χ0) is 12.7. The number of fused-ring (bicyclic) bond motifs is 1. The third-order valence-corrected chi connectivity index (χ3v) is 4.27. The van der Waals surface area contributed by atoms with Crippen LogP contribution in [0.5, 0.6) is 0 Å². The molecule has 2 N–H and O–H groups in total. The molecule has 3 nitrogen and oxygen atoms in total. The number of nitrogens with two attached hydrogens (primary N) is 1. The van der Waals surface area contributed by atoms with Gasteiger partial charge in [-0.05, 0) is 44.2 Å². The minimum atomic E-state index is 0.133. The molecule has 1 fully saturated rings. The quantitative estimate of drug-likeness (QED) is 0.822. The minimum absolute atomic E-state index is 0.133. The summed E-state index contributed by atoms with van der Waals surface area (Å²) in [7, 11) is 0. The zero-order valence-corrected chi connectivity index (χ0v) is 10.8. The van der Waals surface area contributed by atoms with Crippen molar-refractivity contribution in [3.63, 3.8) is 0 Å². The summed E-state index contributed by atoms with van der Waals surface area (Å²) >= 11 is 0. The van der Waals surface area contributed by atoms with Crippen molar-refractivity contribution >= 4 is 11.6 Å². The molecule has 0 spiro atoms. The fourth-order valence-corrected chi connectivity index (χ4v) is 3.34. The van der Waals surface area contributed by atoms with Gasteiger partial charge >= 0.3 is 0 Å². The molecule has 1 amide bonds. The number of hydrogen-bond donors (Lipinski definition) is 1. The van der Waals surface area contributed by atoms with E-state index in [4.69, 9.17) is 5.73 Å². The summed E-state index contributed by atoms with van der Waals surface area (Å²) in [6, 6.07) is 8.74. The molecule has 3 rings (SSSR count). The van der Waals surface area contributed by atoms with Crippen molar-refractivity contribution in [3.05, 3.63) is 29.8 Å². The molecule has 1 aliphatic heterocycles. The van der Waals surface area contributed by atoms with Crippen LogP contribution in [0.25, 0.3) is 0 Å². The van der Waals surface area contributed by atoms with Crippen LogP contribution in [-0.4, -0.2) is 18.0 Å². The zero-order valence-electron chi connectivity index (χ0n) is 10.8. The van der Waals surface area contributed by atoms with Gasteiger partial charge in [-0.25, -0.2) is 0 Å². The summed E-state index contributed by atoms with van der Waals surface area (Å²) in [4.78, 5) is 14.6. The second-order valence-electron chi connectivity index (χ2n) is 5.66. The highest BCUT2D eigenvalue weighted by Crippen LogP contribution is 2.35. The molecule has 1 saturated carbocycles. The fourth-order valence-electron chi connectivity index (χ4n) is 3.34. The van der Waals surface area contributed by atoms with Crippen LogP contribution in [-0.2, 0) is 11.2 Å². The number of rotatable bonds is 1. The fraction of sp³-hybridized carbons (Fsp3) is 0.533. The molecule has 0 saturated heterocycles. The van der Waals surface area contributed by atoms with Gasteiger partial charge in [0.15, 0.2) is 0 Å². The maximum Gasteiger partial charge on any atom is 0.230 e. The largest absolute Gasteiger partial charge is 0.328 e. The Morgan fingerprint density at radius 2 is 2.11 bits per heavy atom. The molecule has 0 bridgehead atoms. The van der Waals surface area contributed by atoms with Crippen molar-refractivity contribution in [2.75, 3.05) is 4.90 Å². The lowest BCUT2D eigenvalue weighted by Gasteiger charge is -2.26. The monoisotopic (exact) mass is 244 g/mol. The van der Waals surface area contributed by atoms with E-state index < -0.39 is 0 Å². The van der Waals surface area contributed by atoms with Crippen LogP contribution < -0.4 is 10.6 Å². The summed E-state index contributed by atoms with van der Waals surface area (Å²) < 4.78 is 0. The van der Waals surface area contributed by atoms with Gasteiger partial charge in [-0.2, -0.15) is 0 Å². The molecule has 3 atom stereocenters. The lowest BCUT2D eigenvalue weighted by atomic mass is 10.1. The van der Waals surface area contributed by atoms with Crippen LogP contribution in [0.2, 0.25) is 0 Å². The number of carbonyl (C=O) groups excluding carboxylic acids is 1. The van der Waals surface area contributed by atoms with Crippen LogP contribution in [0.4, 0.5) is 5.69 Å². The molecule has 1 aliphatic carbocycles. The highest BCUT2D eigenvalue weighted by molar-refractivity contribution is 5.97. The average molecular weight is 244 g/mol. The number of benzene rings is 1. The van der Waals surface area contributed by atoms with Crippen LogP contribution >= 0.6 is 0 Å². The van der Waals surface area contributed by atoms with E-state index in [-0.39, 0.29) is 23.9 Å². The number of nitrogens with zero attached hydrogens (tertiary/aromatic N) is 1. The van der Waals surface area contributed by atoms with E-state index in [0.717, 1.165) is 31.4 Å². The van der Waals surface area contributed by atoms with Crippen LogP contribution in [0.15, 0.2) is 24.3 Å². The SMILES string of the molecule is C[C@@H]1Cc2ccccc2N1C(=O)[C@H]1CC[C@H](N)C1. The Labute approximate surface area is 108 Å². The van der Waals surface area contributed by atoms with E-state index >= 15 is 0 Å². The Bertz CT molecular complexity index is 471. The first-order chi connectivity index (χ1) is 8.66. The van der Waals surface area contributed by atoms with Gasteiger partial charge in [0.25, 0.3) is 0 Å². The molecule has 96 valence electrons. The molecule has 1 aromatic carbocycles. The first kappa shape index (κ1) is 11.7. The molecule has 1 heterocycles. The van der Waals surface area contributed by atoms with Crippen LogP contribution in [0.3, 0.4) is 0 Å². The predicted molar refractivity (Wildman–Crippen MR) is 72.4 cm³/mol. The summed E-state index contributed by atoms with van der Waals surface area (Å²) in [6.45, 7) is 2.13. The van der Waals surface area contributed by atoms with E-state index in [9.17, 15) is 4.79 Å². The Balaban J connectivity index is 1.86. The van der Waals surface area contributed by atoms with Gasteiger partial charge in [0.1, 0.15) is 0 Å². The second-order valence-corrected chi connectivity index (χ2v) is 5.66. The summed E-state index contributed by atoms with van der Waals surface area (Å²) in [6.07, 6.45) is 3.76. The Kier molecular flexibility index (Phi) is 2.86. The average Bonchev–Trinajstić information content (AvgIpc) is 2.91. The second kappa shape index (κ2) is 4.39.